The molecule has 1 saturated heterocycles. The molecule has 0 aromatic carbocycles. The van der Waals surface area contributed by atoms with Crippen molar-refractivity contribution in [3.8, 4) is 0 Å². The summed E-state index contributed by atoms with van der Waals surface area (Å²) in [5.41, 5.74) is 0. The molecule has 2 heterocycles. The standard InChI is InChI=1S/C12H17NO4/c1-15-12(14)7-11-9-13(4-6-17-11)8-10-3-2-5-16-10/h2-3,5,11H,4,6-9H2,1H3. The molecule has 1 aromatic rings. The van der Waals surface area contributed by atoms with Gasteiger partial charge in [0.05, 0.1) is 39.0 Å². The van der Waals surface area contributed by atoms with E-state index in [-0.39, 0.29) is 12.1 Å². The van der Waals surface area contributed by atoms with E-state index in [0.717, 1.165) is 25.4 Å². The van der Waals surface area contributed by atoms with Gasteiger partial charge in [-0.2, -0.15) is 0 Å². The molecule has 0 amide bonds. The maximum Gasteiger partial charge on any atom is 0.308 e. The predicted molar refractivity (Wildman–Crippen MR) is 60.4 cm³/mol. The third kappa shape index (κ3) is 3.57. The van der Waals surface area contributed by atoms with Gasteiger partial charge < -0.3 is 13.9 Å². The smallest absolute Gasteiger partial charge is 0.308 e. The van der Waals surface area contributed by atoms with Gasteiger partial charge in [0.25, 0.3) is 0 Å². The molecule has 1 aromatic heterocycles. The van der Waals surface area contributed by atoms with E-state index < -0.39 is 0 Å². The molecule has 1 aliphatic rings. The number of rotatable bonds is 4. The highest BCUT2D eigenvalue weighted by Crippen LogP contribution is 2.13. The Hall–Kier alpha value is -1.33. The molecule has 0 radical (unpaired) electrons. The number of carbonyl (C=O) groups excluding carboxylic acids is 1. The second kappa shape index (κ2) is 5.84. The Morgan fingerprint density at radius 3 is 3.24 bits per heavy atom. The van der Waals surface area contributed by atoms with Gasteiger partial charge in [-0.05, 0) is 12.1 Å². The van der Waals surface area contributed by atoms with Gasteiger partial charge in [0, 0.05) is 13.1 Å². The Labute approximate surface area is 100 Å². The molecule has 0 aliphatic carbocycles. The van der Waals surface area contributed by atoms with E-state index in [1.54, 1.807) is 6.26 Å². The molecule has 5 heteroatoms. The number of furan rings is 1. The molecule has 5 nitrogen and oxygen atoms in total. The highest BCUT2D eigenvalue weighted by atomic mass is 16.5. The quantitative estimate of drug-likeness (QED) is 0.735. The zero-order valence-corrected chi connectivity index (χ0v) is 9.93. The summed E-state index contributed by atoms with van der Waals surface area (Å²) < 4.78 is 15.5. The zero-order chi connectivity index (χ0) is 12.1. The van der Waals surface area contributed by atoms with Crippen molar-refractivity contribution >= 4 is 5.97 Å². The number of esters is 1. The van der Waals surface area contributed by atoms with Crippen molar-refractivity contribution < 1.29 is 18.7 Å². The number of carbonyl (C=O) groups is 1. The van der Waals surface area contributed by atoms with Crippen LogP contribution in [0.4, 0.5) is 0 Å². The normalized spacial score (nSPS) is 21.4. The lowest BCUT2D eigenvalue weighted by Gasteiger charge is -2.31. The largest absolute Gasteiger partial charge is 0.469 e. The molecule has 2 rings (SSSR count). The van der Waals surface area contributed by atoms with Gasteiger partial charge in [0.15, 0.2) is 0 Å². The van der Waals surface area contributed by atoms with Crippen LogP contribution in [0.25, 0.3) is 0 Å². The van der Waals surface area contributed by atoms with Gasteiger partial charge in [-0.1, -0.05) is 0 Å². The first-order chi connectivity index (χ1) is 8.28. The van der Waals surface area contributed by atoms with E-state index in [1.165, 1.54) is 7.11 Å². The van der Waals surface area contributed by atoms with Gasteiger partial charge in [-0.25, -0.2) is 0 Å². The first-order valence-electron chi connectivity index (χ1n) is 5.71. The van der Waals surface area contributed by atoms with Crippen LogP contribution in [0.1, 0.15) is 12.2 Å². The molecule has 0 spiro atoms. The SMILES string of the molecule is COC(=O)CC1CN(Cc2ccco2)CCO1. The lowest BCUT2D eigenvalue weighted by Crippen LogP contribution is -2.42. The van der Waals surface area contributed by atoms with Crippen molar-refractivity contribution in [2.45, 2.75) is 19.1 Å². The molecule has 1 unspecified atom stereocenters. The van der Waals surface area contributed by atoms with Gasteiger partial charge in [-0.3, -0.25) is 9.69 Å². The maximum atomic E-state index is 11.2. The predicted octanol–water partition coefficient (Wildman–Crippen LogP) is 1.04. The van der Waals surface area contributed by atoms with Crippen molar-refractivity contribution in [2.75, 3.05) is 26.8 Å². The van der Waals surface area contributed by atoms with Crippen LogP contribution in [-0.4, -0.2) is 43.8 Å². The lowest BCUT2D eigenvalue weighted by molar-refractivity contribution is -0.145. The van der Waals surface area contributed by atoms with Gasteiger partial charge in [0.1, 0.15) is 5.76 Å². The van der Waals surface area contributed by atoms with Crippen molar-refractivity contribution in [2.24, 2.45) is 0 Å². The van der Waals surface area contributed by atoms with Crippen LogP contribution in [0, 0.1) is 0 Å². The Morgan fingerprint density at radius 2 is 2.53 bits per heavy atom. The third-order valence-corrected chi connectivity index (χ3v) is 2.80. The first kappa shape index (κ1) is 12.1. The minimum absolute atomic E-state index is 0.0776. The minimum Gasteiger partial charge on any atom is -0.469 e. The summed E-state index contributed by atoms with van der Waals surface area (Å²) in [7, 11) is 1.39. The Balaban J connectivity index is 1.82. The number of hydrogen-bond acceptors (Lipinski definition) is 5. The highest BCUT2D eigenvalue weighted by molar-refractivity contribution is 5.69. The molecular weight excluding hydrogens is 222 g/mol. The fourth-order valence-electron chi connectivity index (χ4n) is 1.94. The van der Waals surface area contributed by atoms with Crippen LogP contribution >= 0.6 is 0 Å². The second-order valence-corrected chi connectivity index (χ2v) is 4.09. The Morgan fingerprint density at radius 1 is 1.65 bits per heavy atom. The van der Waals surface area contributed by atoms with E-state index in [1.807, 2.05) is 12.1 Å². The Bertz CT molecular complexity index is 349. The van der Waals surface area contributed by atoms with E-state index >= 15 is 0 Å². The fourth-order valence-corrected chi connectivity index (χ4v) is 1.94. The lowest BCUT2D eigenvalue weighted by atomic mass is 10.2. The Kier molecular flexibility index (Phi) is 4.17. The number of methoxy groups -OCH3 is 1. The number of nitrogens with zero attached hydrogens (tertiary/aromatic N) is 1. The summed E-state index contributed by atoms with van der Waals surface area (Å²) in [4.78, 5) is 13.4. The second-order valence-electron chi connectivity index (χ2n) is 4.09. The van der Waals surface area contributed by atoms with E-state index in [2.05, 4.69) is 9.64 Å². The molecular formula is C12H17NO4. The highest BCUT2D eigenvalue weighted by Gasteiger charge is 2.23. The minimum atomic E-state index is -0.227. The fraction of sp³-hybridized carbons (Fsp3) is 0.583. The molecule has 1 aliphatic heterocycles. The molecule has 1 fully saturated rings. The average molecular weight is 239 g/mol. The van der Waals surface area contributed by atoms with Crippen molar-refractivity contribution in [1.82, 2.24) is 4.90 Å². The van der Waals surface area contributed by atoms with E-state index in [9.17, 15) is 4.79 Å². The topological polar surface area (TPSA) is 51.9 Å². The molecule has 0 N–H and O–H groups in total. The molecule has 94 valence electrons. The average Bonchev–Trinajstić information content (AvgIpc) is 2.82. The monoisotopic (exact) mass is 239 g/mol. The number of morpholine rings is 1. The van der Waals surface area contributed by atoms with E-state index in [0.29, 0.717) is 13.0 Å². The first-order valence-corrected chi connectivity index (χ1v) is 5.71. The molecule has 17 heavy (non-hydrogen) atoms. The van der Waals surface area contributed by atoms with Gasteiger partial charge in [-0.15, -0.1) is 0 Å². The van der Waals surface area contributed by atoms with Crippen LogP contribution in [0.3, 0.4) is 0 Å². The molecule has 1 atom stereocenters. The summed E-state index contributed by atoms with van der Waals surface area (Å²) in [6.07, 6.45) is 1.90. The third-order valence-electron chi connectivity index (χ3n) is 2.80. The van der Waals surface area contributed by atoms with Gasteiger partial charge in [0.2, 0.25) is 0 Å². The number of ether oxygens (including phenoxy) is 2. The summed E-state index contributed by atoms with van der Waals surface area (Å²) in [6, 6.07) is 3.83. The van der Waals surface area contributed by atoms with Crippen molar-refractivity contribution in [3.05, 3.63) is 24.2 Å². The molecule has 0 saturated carbocycles. The van der Waals surface area contributed by atoms with Crippen LogP contribution in [0.5, 0.6) is 0 Å². The summed E-state index contributed by atoms with van der Waals surface area (Å²) in [6.45, 7) is 2.99. The van der Waals surface area contributed by atoms with Crippen molar-refractivity contribution in [3.63, 3.8) is 0 Å². The van der Waals surface area contributed by atoms with Crippen LogP contribution in [0.15, 0.2) is 22.8 Å². The summed E-state index contributed by atoms with van der Waals surface area (Å²) in [5.74, 6) is 0.707. The molecule has 0 bridgehead atoms. The van der Waals surface area contributed by atoms with Crippen LogP contribution < -0.4 is 0 Å². The van der Waals surface area contributed by atoms with Crippen molar-refractivity contribution in [1.29, 1.82) is 0 Å². The zero-order valence-electron chi connectivity index (χ0n) is 9.93. The van der Waals surface area contributed by atoms with E-state index in [4.69, 9.17) is 9.15 Å². The summed E-state index contributed by atoms with van der Waals surface area (Å²) in [5, 5.41) is 0. The maximum absolute atomic E-state index is 11.2. The van der Waals surface area contributed by atoms with Crippen LogP contribution in [-0.2, 0) is 20.8 Å². The summed E-state index contributed by atoms with van der Waals surface area (Å²) >= 11 is 0. The number of hydrogen-bond donors (Lipinski definition) is 0. The van der Waals surface area contributed by atoms with Gasteiger partial charge >= 0.3 is 5.97 Å². The van der Waals surface area contributed by atoms with Crippen LogP contribution in [0.2, 0.25) is 0 Å².